The molecule has 4 nitrogen and oxygen atoms in total. The predicted molar refractivity (Wildman–Crippen MR) is 72.9 cm³/mol. The van der Waals surface area contributed by atoms with Crippen LogP contribution in [0.4, 0.5) is 0 Å². The maximum Gasteiger partial charge on any atom is 0.313 e. The Morgan fingerprint density at radius 2 is 2.17 bits per heavy atom. The fourth-order valence-electron chi connectivity index (χ4n) is 1.62. The number of nitrogens with zero attached hydrogens (tertiary/aromatic N) is 2. The van der Waals surface area contributed by atoms with Gasteiger partial charge in [-0.2, -0.15) is 0 Å². The summed E-state index contributed by atoms with van der Waals surface area (Å²) >= 11 is 4.76. The van der Waals surface area contributed by atoms with Gasteiger partial charge in [0.2, 0.25) is 0 Å². The Balaban J connectivity index is 2.28. The van der Waals surface area contributed by atoms with Crippen LogP contribution in [0.15, 0.2) is 28.7 Å². The summed E-state index contributed by atoms with van der Waals surface area (Å²) in [5.74, 6) is -1.52. The smallest absolute Gasteiger partial charge is 0.313 e. The Morgan fingerprint density at radius 3 is 2.72 bits per heavy atom. The number of aliphatic carboxylic acids is 1. The van der Waals surface area contributed by atoms with Crippen LogP contribution in [-0.2, 0) is 11.2 Å². The number of aromatic nitrogens is 2. The van der Waals surface area contributed by atoms with Crippen molar-refractivity contribution in [1.82, 2.24) is 10.2 Å². The van der Waals surface area contributed by atoms with E-state index in [4.69, 9.17) is 0 Å². The minimum atomic E-state index is -0.873. The van der Waals surface area contributed by atoms with Crippen LogP contribution in [0.2, 0.25) is 0 Å². The van der Waals surface area contributed by atoms with Crippen molar-refractivity contribution in [2.24, 2.45) is 0 Å². The normalized spacial score (nSPS) is 12.3. The second kappa shape index (κ2) is 5.58. The highest BCUT2D eigenvalue weighted by molar-refractivity contribution is 9.10. The number of hydrogen-bond donors (Lipinski definition) is 1. The van der Waals surface area contributed by atoms with Crippen LogP contribution in [0.3, 0.4) is 0 Å². The second-order valence-corrected chi connectivity index (χ2v) is 5.91. The molecule has 1 unspecified atom stereocenters. The fourth-order valence-corrected chi connectivity index (χ4v) is 2.86. The molecule has 1 aromatic heterocycles. The number of halogens is 1. The number of rotatable bonds is 4. The lowest BCUT2D eigenvalue weighted by atomic mass is 10.0. The van der Waals surface area contributed by atoms with E-state index in [0.29, 0.717) is 11.4 Å². The van der Waals surface area contributed by atoms with Crippen LogP contribution in [-0.4, -0.2) is 21.3 Å². The lowest BCUT2D eigenvalue weighted by Crippen LogP contribution is -2.14. The Labute approximate surface area is 117 Å². The van der Waals surface area contributed by atoms with Crippen LogP contribution in [0.5, 0.6) is 0 Å². The summed E-state index contributed by atoms with van der Waals surface area (Å²) in [7, 11) is 0. The van der Waals surface area contributed by atoms with Crippen molar-refractivity contribution in [1.29, 1.82) is 0 Å². The average Bonchev–Trinajstić information content (AvgIpc) is 2.74. The average molecular weight is 327 g/mol. The quantitative estimate of drug-likeness (QED) is 0.938. The van der Waals surface area contributed by atoms with Gasteiger partial charge in [-0.25, -0.2) is 0 Å². The Bertz CT molecular complexity index is 571. The molecular formula is C12H11BrN2O2S. The first-order valence-electron chi connectivity index (χ1n) is 5.34. The maximum absolute atomic E-state index is 11.3. The molecule has 0 aliphatic heterocycles. The van der Waals surface area contributed by atoms with Crippen molar-refractivity contribution < 1.29 is 9.90 Å². The van der Waals surface area contributed by atoms with Gasteiger partial charge in [-0.1, -0.05) is 34.1 Å². The minimum absolute atomic E-state index is 0.408. The summed E-state index contributed by atoms with van der Waals surface area (Å²) in [4.78, 5) is 11.3. The molecule has 1 heterocycles. The molecular weight excluding hydrogens is 316 g/mol. The monoisotopic (exact) mass is 326 g/mol. The molecule has 0 aliphatic rings. The van der Waals surface area contributed by atoms with Crippen molar-refractivity contribution in [3.63, 3.8) is 0 Å². The van der Waals surface area contributed by atoms with E-state index in [-0.39, 0.29) is 0 Å². The van der Waals surface area contributed by atoms with E-state index >= 15 is 0 Å². The number of benzene rings is 1. The van der Waals surface area contributed by atoms with Gasteiger partial charge in [0.1, 0.15) is 15.9 Å². The van der Waals surface area contributed by atoms with Crippen molar-refractivity contribution in [3.8, 4) is 0 Å². The van der Waals surface area contributed by atoms with Gasteiger partial charge in [0, 0.05) is 4.47 Å². The molecule has 0 spiro atoms. The lowest BCUT2D eigenvalue weighted by Gasteiger charge is -2.10. The standard InChI is InChI=1S/C12H11BrN2O2S/c1-7-14-15-11(18-7)9(12(16)17)6-8-4-2-3-5-10(8)13/h2-5,9H,6H2,1H3,(H,16,17). The number of hydrogen-bond acceptors (Lipinski definition) is 4. The van der Waals surface area contributed by atoms with Crippen molar-refractivity contribution in [2.45, 2.75) is 19.3 Å². The summed E-state index contributed by atoms with van der Waals surface area (Å²) in [5, 5.41) is 18.5. The highest BCUT2D eigenvalue weighted by atomic mass is 79.9. The maximum atomic E-state index is 11.3. The highest BCUT2D eigenvalue weighted by Gasteiger charge is 2.24. The third-order valence-electron chi connectivity index (χ3n) is 2.52. The van der Waals surface area contributed by atoms with Gasteiger partial charge in [-0.3, -0.25) is 4.79 Å². The third-order valence-corrected chi connectivity index (χ3v) is 4.25. The van der Waals surface area contributed by atoms with E-state index in [1.807, 2.05) is 31.2 Å². The molecule has 0 radical (unpaired) electrons. The van der Waals surface area contributed by atoms with E-state index in [1.54, 1.807) is 0 Å². The molecule has 0 fully saturated rings. The largest absolute Gasteiger partial charge is 0.481 e. The van der Waals surface area contributed by atoms with Crippen molar-refractivity contribution in [3.05, 3.63) is 44.3 Å². The number of carboxylic acids is 1. The van der Waals surface area contributed by atoms with E-state index < -0.39 is 11.9 Å². The molecule has 0 aliphatic carbocycles. The van der Waals surface area contributed by atoms with Gasteiger partial charge in [-0.05, 0) is 25.0 Å². The Kier molecular flexibility index (Phi) is 4.08. The molecule has 1 N–H and O–H groups in total. The molecule has 0 bridgehead atoms. The number of carbonyl (C=O) groups is 1. The van der Waals surface area contributed by atoms with E-state index in [9.17, 15) is 9.90 Å². The van der Waals surface area contributed by atoms with Crippen LogP contribution < -0.4 is 0 Å². The summed E-state index contributed by atoms with van der Waals surface area (Å²) in [6.45, 7) is 1.82. The third kappa shape index (κ3) is 2.94. The fraction of sp³-hybridized carbons (Fsp3) is 0.250. The molecule has 0 saturated carbocycles. The molecule has 2 rings (SSSR count). The van der Waals surface area contributed by atoms with Gasteiger partial charge in [0.15, 0.2) is 0 Å². The number of aryl methyl sites for hydroxylation is 1. The number of carboxylic acid groups (broad SMARTS) is 1. The molecule has 0 amide bonds. The first kappa shape index (κ1) is 13.2. The first-order valence-corrected chi connectivity index (χ1v) is 6.95. The molecule has 6 heteroatoms. The highest BCUT2D eigenvalue weighted by Crippen LogP contribution is 2.27. The topological polar surface area (TPSA) is 63.1 Å². The van der Waals surface area contributed by atoms with E-state index in [0.717, 1.165) is 15.0 Å². The summed E-state index contributed by atoms with van der Waals surface area (Å²) in [6.07, 6.45) is 0.408. The summed E-state index contributed by atoms with van der Waals surface area (Å²) in [5.41, 5.74) is 0.956. The molecule has 18 heavy (non-hydrogen) atoms. The lowest BCUT2D eigenvalue weighted by molar-refractivity contribution is -0.138. The summed E-state index contributed by atoms with van der Waals surface area (Å²) in [6, 6.07) is 7.61. The van der Waals surface area contributed by atoms with Crippen molar-refractivity contribution in [2.75, 3.05) is 0 Å². The van der Waals surface area contributed by atoms with Crippen LogP contribution in [0, 0.1) is 6.92 Å². The van der Waals surface area contributed by atoms with Crippen LogP contribution in [0.25, 0.3) is 0 Å². The summed E-state index contributed by atoms with van der Waals surface area (Å²) < 4.78 is 0.914. The van der Waals surface area contributed by atoms with Gasteiger partial charge in [-0.15, -0.1) is 21.5 Å². The Morgan fingerprint density at radius 1 is 1.44 bits per heavy atom. The molecule has 94 valence electrons. The molecule has 2 aromatic rings. The molecule has 1 atom stereocenters. The zero-order chi connectivity index (χ0) is 13.1. The molecule has 1 aromatic carbocycles. The van der Waals surface area contributed by atoms with Crippen LogP contribution >= 0.6 is 27.3 Å². The van der Waals surface area contributed by atoms with Crippen molar-refractivity contribution >= 4 is 33.2 Å². The van der Waals surface area contributed by atoms with Gasteiger partial charge >= 0.3 is 5.97 Å². The van der Waals surface area contributed by atoms with Gasteiger partial charge in [0.05, 0.1) is 0 Å². The predicted octanol–water partition coefficient (Wildman–Crippen LogP) is 3.02. The van der Waals surface area contributed by atoms with Gasteiger partial charge in [0.25, 0.3) is 0 Å². The first-order chi connectivity index (χ1) is 8.58. The second-order valence-electron chi connectivity index (χ2n) is 3.85. The minimum Gasteiger partial charge on any atom is -0.481 e. The Hall–Kier alpha value is -1.27. The van der Waals surface area contributed by atoms with E-state index in [2.05, 4.69) is 26.1 Å². The molecule has 0 saturated heterocycles. The van der Waals surface area contributed by atoms with Crippen LogP contribution in [0.1, 0.15) is 21.5 Å². The van der Waals surface area contributed by atoms with E-state index in [1.165, 1.54) is 11.3 Å². The zero-order valence-corrected chi connectivity index (χ0v) is 12.0. The SMILES string of the molecule is Cc1nnc(C(Cc2ccccc2Br)C(=O)O)s1. The zero-order valence-electron chi connectivity index (χ0n) is 9.63. The van der Waals surface area contributed by atoms with Gasteiger partial charge < -0.3 is 5.11 Å².